The number of ether oxygens (including phenoxy) is 1. The van der Waals surface area contributed by atoms with Gasteiger partial charge in [0.1, 0.15) is 5.75 Å². The second-order valence-corrected chi connectivity index (χ2v) is 3.70. The van der Waals surface area contributed by atoms with Crippen molar-refractivity contribution in [3.8, 4) is 5.75 Å². The summed E-state index contributed by atoms with van der Waals surface area (Å²) in [6.07, 6.45) is 0.653. The molecule has 1 aliphatic heterocycles. The lowest BCUT2D eigenvalue weighted by Gasteiger charge is -2.17. The number of hydrogen-bond donors (Lipinski definition) is 1. The van der Waals surface area contributed by atoms with Crippen LogP contribution in [0.5, 0.6) is 5.75 Å². The van der Waals surface area contributed by atoms with Gasteiger partial charge in [-0.05, 0) is 18.2 Å². The number of nitrogens with zero attached hydrogens (tertiary/aromatic N) is 1. The molecule has 0 amide bonds. The third-order valence-corrected chi connectivity index (χ3v) is 2.46. The third-order valence-electron chi connectivity index (χ3n) is 1.97. The van der Waals surface area contributed by atoms with E-state index in [9.17, 15) is 0 Å². The SMILES string of the molecule is O/N=C1/CCOc2ccc(Br)cc21. The third kappa shape index (κ3) is 1.54. The molecule has 1 heterocycles. The van der Waals surface area contributed by atoms with E-state index in [0.717, 1.165) is 15.8 Å². The molecule has 0 aromatic heterocycles. The number of fused-ring (bicyclic) bond motifs is 1. The number of oxime groups is 1. The van der Waals surface area contributed by atoms with Crippen molar-refractivity contribution in [2.24, 2.45) is 5.16 Å². The van der Waals surface area contributed by atoms with Crippen molar-refractivity contribution in [3.05, 3.63) is 28.2 Å². The normalized spacial score (nSPS) is 18.1. The topological polar surface area (TPSA) is 41.8 Å². The van der Waals surface area contributed by atoms with E-state index in [0.29, 0.717) is 18.7 Å². The summed E-state index contributed by atoms with van der Waals surface area (Å²) in [5.41, 5.74) is 1.55. The Hall–Kier alpha value is -1.03. The minimum absolute atomic E-state index is 0.577. The molecule has 1 N–H and O–H groups in total. The van der Waals surface area contributed by atoms with Crippen molar-refractivity contribution in [2.75, 3.05) is 6.61 Å². The number of rotatable bonds is 0. The Bertz CT molecular complexity index is 363. The molecule has 4 heteroatoms. The minimum Gasteiger partial charge on any atom is -0.492 e. The molecule has 0 radical (unpaired) electrons. The highest BCUT2D eigenvalue weighted by Gasteiger charge is 2.16. The van der Waals surface area contributed by atoms with Crippen LogP contribution in [0.1, 0.15) is 12.0 Å². The van der Waals surface area contributed by atoms with Gasteiger partial charge in [-0.15, -0.1) is 0 Å². The predicted octanol–water partition coefficient (Wildman–Crippen LogP) is 2.41. The molecule has 0 spiro atoms. The van der Waals surface area contributed by atoms with E-state index in [1.807, 2.05) is 18.2 Å². The maximum Gasteiger partial charge on any atom is 0.128 e. The van der Waals surface area contributed by atoms with Crippen LogP contribution in [-0.2, 0) is 0 Å². The molecular weight excluding hydrogens is 234 g/mol. The number of benzene rings is 1. The average molecular weight is 242 g/mol. The van der Waals surface area contributed by atoms with Crippen LogP contribution in [0.3, 0.4) is 0 Å². The maximum atomic E-state index is 8.75. The molecule has 3 nitrogen and oxygen atoms in total. The summed E-state index contributed by atoms with van der Waals surface area (Å²) in [5.74, 6) is 0.780. The van der Waals surface area contributed by atoms with Crippen molar-refractivity contribution in [2.45, 2.75) is 6.42 Å². The molecule has 1 aromatic rings. The number of hydrogen-bond acceptors (Lipinski definition) is 3. The van der Waals surface area contributed by atoms with Crippen molar-refractivity contribution in [3.63, 3.8) is 0 Å². The largest absolute Gasteiger partial charge is 0.492 e. The maximum absolute atomic E-state index is 8.75. The minimum atomic E-state index is 0.577. The zero-order valence-electron chi connectivity index (χ0n) is 6.83. The van der Waals surface area contributed by atoms with Crippen LogP contribution in [-0.4, -0.2) is 17.5 Å². The Labute approximate surface area is 84.1 Å². The highest BCUT2D eigenvalue weighted by molar-refractivity contribution is 9.10. The van der Waals surface area contributed by atoms with Gasteiger partial charge < -0.3 is 9.94 Å². The summed E-state index contributed by atoms with van der Waals surface area (Å²) < 4.78 is 6.35. The molecule has 0 saturated carbocycles. The van der Waals surface area contributed by atoms with E-state index in [-0.39, 0.29) is 0 Å². The summed E-state index contributed by atoms with van der Waals surface area (Å²) in [4.78, 5) is 0. The Kier molecular flexibility index (Phi) is 2.22. The molecule has 0 aliphatic carbocycles. The van der Waals surface area contributed by atoms with Crippen molar-refractivity contribution >= 4 is 21.6 Å². The van der Waals surface area contributed by atoms with E-state index in [2.05, 4.69) is 21.1 Å². The van der Waals surface area contributed by atoms with Crippen molar-refractivity contribution in [1.29, 1.82) is 0 Å². The van der Waals surface area contributed by atoms with Gasteiger partial charge >= 0.3 is 0 Å². The lowest BCUT2D eigenvalue weighted by atomic mass is 10.0. The fraction of sp³-hybridized carbons (Fsp3) is 0.222. The summed E-state index contributed by atoms with van der Waals surface area (Å²) in [6.45, 7) is 0.577. The van der Waals surface area contributed by atoms with Crippen LogP contribution in [0.25, 0.3) is 0 Å². The van der Waals surface area contributed by atoms with Crippen LogP contribution < -0.4 is 4.74 Å². The van der Waals surface area contributed by atoms with Crippen molar-refractivity contribution < 1.29 is 9.94 Å². The standard InChI is InChI=1S/C9H8BrNO2/c10-6-1-2-9-7(5-6)8(11-12)3-4-13-9/h1-2,5,12H,3-4H2/b11-8-. The van der Waals surface area contributed by atoms with Gasteiger partial charge in [-0.3, -0.25) is 0 Å². The Balaban J connectivity index is 2.54. The molecule has 0 atom stereocenters. The van der Waals surface area contributed by atoms with Gasteiger partial charge in [0, 0.05) is 16.5 Å². The Morgan fingerprint density at radius 2 is 2.31 bits per heavy atom. The number of halogens is 1. The first-order chi connectivity index (χ1) is 6.31. The molecule has 0 unspecified atom stereocenters. The van der Waals surface area contributed by atoms with Crippen LogP contribution in [0.15, 0.2) is 27.8 Å². The zero-order chi connectivity index (χ0) is 9.26. The van der Waals surface area contributed by atoms with Gasteiger partial charge in [0.25, 0.3) is 0 Å². The van der Waals surface area contributed by atoms with Gasteiger partial charge in [-0.25, -0.2) is 0 Å². The molecule has 0 saturated heterocycles. The average Bonchev–Trinajstić information content (AvgIpc) is 2.17. The quantitative estimate of drug-likeness (QED) is 0.560. The molecule has 2 rings (SSSR count). The van der Waals surface area contributed by atoms with Crippen LogP contribution in [0.4, 0.5) is 0 Å². The van der Waals surface area contributed by atoms with E-state index >= 15 is 0 Å². The van der Waals surface area contributed by atoms with Crippen molar-refractivity contribution in [1.82, 2.24) is 0 Å². The van der Waals surface area contributed by atoms with Crippen LogP contribution in [0, 0.1) is 0 Å². The smallest absolute Gasteiger partial charge is 0.128 e. The lowest BCUT2D eigenvalue weighted by molar-refractivity contribution is 0.298. The van der Waals surface area contributed by atoms with E-state index < -0.39 is 0 Å². The van der Waals surface area contributed by atoms with Gasteiger partial charge in [-0.1, -0.05) is 21.1 Å². The predicted molar refractivity (Wildman–Crippen MR) is 52.6 cm³/mol. The Morgan fingerprint density at radius 1 is 1.46 bits per heavy atom. The monoisotopic (exact) mass is 241 g/mol. The summed E-state index contributed by atoms with van der Waals surface area (Å²) >= 11 is 3.35. The highest BCUT2D eigenvalue weighted by atomic mass is 79.9. The molecule has 68 valence electrons. The first kappa shape index (κ1) is 8.56. The first-order valence-corrected chi connectivity index (χ1v) is 4.74. The lowest BCUT2D eigenvalue weighted by Crippen LogP contribution is -2.16. The van der Waals surface area contributed by atoms with Gasteiger partial charge in [-0.2, -0.15) is 0 Å². The summed E-state index contributed by atoms with van der Waals surface area (Å²) in [5, 5.41) is 12.0. The second-order valence-electron chi connectivity index (χ2n) is 2.79. The van der Waals surface area contributed by atoms with E-state index in [1.54, 1.807) is 0 Å². The van der Waals surface area contributed by atoms with Crippen LogP contribution in [0.2, 0.25) is 0 Å². The summed E-state index contributed by atoms with van der Waals surface area (Å²) in [6, 6.07) is 5.66. The second kappa shape index (κ2) is 3.38. The fourth-order valence-corrected chi connectivity index (χ4v) is 1.71. The van der Waals surface area contributed by atoms with E-state index in [4.69, 9.17) is 9.94 Å². The molecule has 13 heavy (non-hydrogen) atoms. The van der Waals surface area contributed by atoms with Gasteiger partial charge in [0.2, 0.25) is 0 Å². The molecule has 1 aromatic carbocycles. The molecular formula is C9H8BrNO2. The zero-order valence-corrected chi connectivity index (χ0v) is 8.41. The van der Waals surface area contributed by atoms with Gasteiger partial charge in [0.15, 0.2) is 0 Å². The fourth-order valence-electron chi connectivity index (χ4n) is 1.35. The molecule has 0 bridgehead atoms. The van der Waals surface area contributed by atoms with Gasteiger partial charge in [0.05, 0.1) is 12.3 Å². The first-order valence-electron chi connectivity index (χ1n) is 3.95. The molecule has 1 aliphatic rings. The molecule has 0 fully saturated rings. The van der Waals surface area contributed by atoms with E-state index in [1.165, 1.54) is 0 Å². The summed E-state index contributed by atoms with van der Waals surface area (Å²) in [7, 11) is 0. The Morgan fingerprint density at radius 3 is 3.08 bits per heavy atom. The van der Waals surface area contributed by atoms with Crippen LogP contribution >= 0.6 is 15.9 Å². The highest BCUT2D eigenvalue weighted by Crippen LogP contribution is 2.27.